The van der Waals surface area contributed by atoms with Gasteiger partial charge in [0.25, 0.3) is 0 Å². The van der Waals surface area contributed by atoms with Gasteiger partial charge in [0.2, 0.25) is 0 Å². The molecule has 0 bridgehead atoms. The number of aryl methyl sites for hydroxylation is 2. The Labute approximate surface area is 119 Å². The first kappa shape index (κ1) is 14.0. The molecule has 1 aromatic heterocycles. The van der Waals surface area contributed by atoms with Gasteiger partial charge in [0.1, 0.15) is 5.03 Å². The number of thioether (sulfide) groups is 1. The van der Waals surface area contributed by atoms with Gasteiger partial charge in [-0.1, -0.05) is 36.0 Å². The molecule has 0 aliphatic carbocycles. The fourth-order valence-corrected chi connectivity index (χ4v) is 3.25. The molecule has 1 aromatic carbocycles. The summed E-state index contributed by atoms with van der Waals surface area (Å²) < 4.78 is 2.02. The van der Waals surface area contributed by atoms with Crippen LogP contribution >= 0.6 is 11.8 Å². The second-order valence-electron chi connectivity index (χ2n) is 5.06. The van der Waals surface area contributed by atoms with Gasteiger partial charge < -0.3 is 5.73 Å². The molecule has 0 saturated carbocycles. The highest BCUT2D eigenvalue weighted by Crippen LogP contribution is 2.32. The number of nitrogen functional groups attached to an aromatic ring is 1. The second kappa shape index (κ2) is 5.70. The standard InChI is InChI=1S/C15H21N3S/c1-10(2)18-15(14(16)12(4)17-18)19-9-13-8-6-5-7-11(13)3/h5-8,10H,9,16H2,1-4H3. The van der Waals surface area contributed by atoms with E-state index < -0.39 is 0 Å². The first-order chi connectivity index (χ1) is 9.00. The Morgan fingerprint density at radius 2 is 1.95 bits per heavy atom. The van der Waals surface area contributed by atoms with Gasteiger partial charge in [0.15, 0.2) is 0 Å². The molecule has 2 rings (SSSR count). The Kier molecular flexibility index (Phi) is 4.20. The number of anilines is 1. The van der Waals surface area contributed by atoms with Crippen LogP contribution in [0.1, 0.15) is 36.7 Å². The van der Waals surface area contributed by atoms with Gasteiger partial charge >= 0.3 is 0 Å². The van der Waals surface area contributed by atoms with Gasteiger partial charge in [0, 0.05) is 11.8 Å². The molecule has 1 heterocycles. The van der Waals surface area contributed by atoms with E-state index in [0.717, 1.165) is 22.2 Å². The van der Waals surface area contributed by atoms with Crippen molar-refractivity contribution in [1.82, 2.24) is 9.78 Å². The van der Waals surface area contributed by atoms with E-state index in [-0.39, 0.29) is 0 Å². The summed E-state index contributed by atoms with van der Waals surface area (Å²) in [6.45, 7) is 8.36. The maximum atomic E-state index is 6.14. The minimum absolute atomic E-state index is 0.329. The van der Waals surface area contributed by atoms with Gasteiger partial charge in [0.05, 0.1) is 11.4 Å². The van der Waals surface area contributed by atoms with Crippen molar-refractivity contribution in [2.24, 2.45) is 0 Å². The lowest BCUT2D eigenvalue weighted by molar-refractivity contribution is 0.491. The van der Waals surface area contributed by atoms with Crippen molar-refractivity contribution in [1.29, 1.82) is 0 Å². The fraction of sp³-hybridized carbons (Fsp3) is 0.400. The van der Waals surface area contributed by atoms with Crippen molar-refractivity contribution in [3.63, 3.8) is 0 Å². The zero-order valence-corrected chi connectivity index (χ0v) is 12.8. The molecule has 0 aliphatic heterocycles. The molecule has 0 spiro atoms. The Hall–Kier alpha value is -1.42. The first-order valence-corrected chi connectivity index (χ1v) is 7.51. The van der Waals surface area contributed by atoms with E-state index in [2.05, 4.69) is 50.1 Å². The molecule has 0 aliphatic rings. The van der Waals surface area contributed by atoms with Crippen molar-refractivity contribution in [3.05, 3.63) is 41.1 Å². The zero-order valence-electron chi connectivity index (χ0n) is 12.0. The molecule has 0 saturated heterocycles. The number of aromatic nitrogens is 2. The Morgan fingerprint density at radius 3 is 2.58 bits per heavy atom. The van der Waals surface area contributed by atoms with Crippen molar-refractivity contribution in [3.8, 4) is 0 Å². The van der Waals surface area contributed by atoms with Crippen LogP contribution < -0.4 is 5.73 Å². The number of benzene rings is 1. The largest absolute Gasteiger partial charge is 0.395 e. The van der Waals surface area contributed by atoms with E-state index >= 15 is 0 Å². The molecule has 0 amide bonds. The summed E-state index contributed by atoms with van der Waals surface area (Å²) in [4.78, 5) is 0. The summed E-state index contributed by atoms with van der Waals surface area (Å²) >= 11 is 1.77. The van der Waals surface area contributed by atoms with Gasteiger partial charge in [-0.05, 0) is 38.8 Å². The summed E-state index contributed by atoms with van der Waals surface area (Å²) in [7, 11) is 0. The normalized spacial score (nSPS) is 11.2. The SMILES string of the molecule is Cc1ccccc1CSc1c(N)c(C)nn1C(C)C. The molecule has 2 aromatic rings. The summed E-state index contributed by atoms with van der Waals surface area (Å²) in [6, 6.07) is 8.79. The number of nitrogens with two attached hydrogens (primary N) is 1. The van der Waals surface area contributed by atoms with E-state index in [9.17, 15) is 0 Å². The molecule has 3 nitrogen and oxygen atoms in total. The van der Waals surface area contributed by atoms with Gasteiger partial charge in [-0.2, -0.15) is 5.10 Å². The van der Waals surface area contributed by atoms with Gasteiger partial charge in [-0.3, -0.25) is 4.68 Å². The predicted octanol–water partition coefficient (Wildman–Crippen LogP) is 3.96. The molecular formula is C15H21N3S. The highest BCUT2D eigenvalue weighted by atomic mass is 32.2. The van der Waals surface area contributed by atoms with Crippen LogP contribution in [0.25, 0.3) is 0 Å². The third-order valence-corrected chi connectivity index (χ3v) is 4.34. The summed E-state index contributed by atoms with van der Waals surface area (Å²) in [5.41, 5.74) is 10.5. The van der Waals surface area contributed by atoms with E-state index in [1.165, 1.54) is 11.1 Å². The minimum Gasteiger partial charge on any atom is -0.395 e. The van der Waals surface area contributed by atoms with Crippen LogP contribution in [0.4, 0.5) is 5.69 Å². The fourth-order valence-electron chi connectivity index (χ4n) is 1.95. The lowest BCUT2D eigenvalue weighted by Crippen LogP contribution is -2.05. The van der Waals surface area contributed by atoms with Crippen molar-refractivity contribution < 1.29 is 0 Å². The lowest BCUT2D eigenvalue weighted by atomic mass is 10.1. The smallest absolute Gasteiger partial charge is 0.118 e. The number of hydrogen-bond acceptors (Lipinski definition) is 3. The third kappa shape index (κ3) is 2.95. The van der Waals surface area contributed by atoms with Crippen LogP contribution in [-0.2, 0) is 5.75 Å². The number of hydrogen-bond donors (Lipinski definition) is 1. The lowest BCUT2D eigenvalue weighted by Gasteiger charge is -2.11. The minimum atomic E-state index is 0.329. The number of nitrogens with zero attached hydrogens (tertiary/aromatic N) is 2. The average Bonchev–Trinajstić information content (AvgIpc) is 2.65. The quantitative estimate of drug-likeness (QED) is 0.859. The van der Waals surface area contributed by atoms with Gasteiger partial charge in [-0.15, -0.1) is 0 Å². The molecular weight excluding hydrogens is 254 g/mol. The third-order valence-electron chi connectivity index (χ3n) is 3.20. The molecule has 102 valence electrons. The molecule has 2 N–H and O–H groups in total. The Morgan fingerprint density at radius 1 is 1.26 bits per heavy atom. The predicted molar refractivity (Wildman–Crippen MR) is 82.5 cm³/mol. The second-order valence-corrected chi connectivity index (χ2v) is 6.02. The van der Waals surface area contributed by atoms with Crippen LogP contribution in [0.3, 0.4) is 0 Å². The average molecular weight is 275 g/mol. The highest BCUT2D eigenvalue weighted by molar-refractivity contribution is 7.98. The van der Waals surface area contributed by atoms with Crippen molar-refractivity contribution in [2.45, 2.75) is 44.5 Å². The van der Waals surface area contributed by atoms with E-state index in [4.69, 9.17) is 5.73 Å². The maximum Gasteiger partial charge on any atom is 0.118 e. The molecule has 4 heteroatoms. The van der Waals surface area contributed by atoms with Gasteiger partial charge in [-0.25, -0.2) is 0 Å². The van der Waals surface area contributed by atoms with E-state index in [0.29, 0.717) is 6.04 Å². The monoisotopic (exact) mass is 275 g/mol. The Bertz CT molecular complexity index is 573. The molecule has 0 unspecified atom stereocenters. The van der Waals surface area contributed by atoms with Crippen LogP contribution in [0.2, 0.25) is 0 Å². The molecule has 0 radical (unpaired) electrons. The first-order valence-electron chi connectivity index (χ1n) is 6.52. The molecule has 0 fully saturated rings. The summed E-state index contributed by atoms with van der Waals surface area (Å²) in [5, 5.41) is 5.59. The Balaban J connectivity index is 2.22. The van der Waals surface area contributed by atoms with Crippen LogP contribution in [0.15, 0.2) is 29.3 Å². The van der Waals surface area contributed by atoms with Crippen LogP contribution in [0.5, 0.6) is 0 Å². The van der Waals surface area contributed by atoms with Crippen LogP contribution in [-0.4, -0.2) is 9.78 Å². The summed E-state index contributed by atoms with van der Waals surface area (Å²) in [6.07, 6.45) is 0. The molecule has 19 heavy (non-hydrogen) atoms. The summed E-state index contributed by atoms with van der Waals surface area (Å²) in [5.74, 6) is 0.925. The van der Waals surface area contributed by atoms with Crippen LogP contribution in [0, 0.1) is 13.8 Å². The van der Waals surface area contributed by atoms with Crippen molar-refractivity contribution in [2.75, 3.05) is 5.73 Å². The van der Waals surface area contributed by atoms with E-state index in [1.54, 1.807) is 11.8 Å². The highest BCUT2D eigenvalue weighted by Gasteiger charge is 2.15. The zero-order chi connectivity index (χ0) is 14.0. The van der Waals surface area contributed by atoms with Crippen molar-refractivity contribution >= 4 is 17.4 Å². The van der Waals surface area contributed by atoms with E-state index in [1.807, 2.05) is 11.6 Å². The number of rotatable bonds is 4. The topological polar surface area (TPSA) is 43.8 Å². The maximum absolute atomic E-state index is 6.14. The molecule has 0 atom stereocenters.